The maximum Gasteiger partial charge on any atom is 0.228 e. The second-order valence-corrected chi connectivity index (χ2v) is 8.83. The van der Waals surface area contributed by atoms with Gasteiger partial charge in [-0.1, -0.05) is 41.9 Å². The Bertz CT molecular complexity index is 907. The molecule has 158 valence electrons. The number of piperidine rings is 1. The molecule has 1 saturated heterocycles. The first-order valence-electron chi connectivity index (χ1n) is 10.7. The van der Waals surface area contributed by atoms with Crippen LogP contribution in [0.1, 0.15) is 36.3 Å². The summed E-state index contributed by atoms with van der Waals surface area (Å²) in [7, 11) is 0. The lowest BCUT2D eigenvalue weighted by Gasteiger charge is -2.30. The number of halogens is 1. The average Bonchev–Trinajstić information content (AvgIpc) is 3.55. The minimum absolute atomic E-state index is 0.00657. The molecule has 1 aliphatic heterocycles. The van der Waals surface area contributed by atoms with E-state index in [1.807, 2.05) is 36.4 Å². The normalized spacial score (nSPS) is 21.9. The Morgan fingerprint density at radius 1 is 1.07 bits per heavy atom. The highest BCUT2D eigenvalue weighted by Gasteiger charge is 2.44. The number of anilines is 1. The van der Waals surface area contributed by atoms with Crippen molar-refractivity contribution in [1.82, 2.24) is 4.90 Å². The van der Waals surface area contributed by atoms with Crippen LogP contribution in [0.2, 0.25) is 5.02 Å². The molecule has 2 unspecified atom stereocenters. The molecule has 2 amide bonds. The number of amides is 2. The summed E-state index contributed by atoms with van der Waals surface area (Å²) in [4.78, 5) is 26.2. The topological polar surface area (TPSA) is 75.4 Å². The van der Waals surface area contributed by atoms with Crippen molar-refractivity contribution in [3.05, 3.63) is 64.7 Å². The van der Waals surface area contributed by atoms with Crippen molar-refractivity contribution in [3.63, 3.8) is 0 Å². The largest absolute Gasteiger partial charge is 0.369 e. The predicted molar refractivity (Wildman–Crippen MR) is 119 cm³/mol. The van der Waals surface area contributed by atoms with Crippen LogP contribution in [0.15, 0.2) is 48.5 Å². The van der Waals surface area contributed by atoms with E-state index in [-0.39, 0.29) is 29.6 Å². The van der Waals surface area contributed by atoms with Crippen molar-refractivity contribution in [2.45, 2.75) is 31.6 Å². The molecule has 1 aliphatic carbocycles. The second-order valence-electron chi connectivity index (χ2n) is 8.42. The molecule has 0 spiro atoms. The Hall–Kier alpha value is -2.37. The number of nitrogens with one attached hydrogen (secondary N) is 1. The number of hydrogen-bond donors (Lipinski definition) is 2. The zero-order valence-electron chi connectivity index (χ0n) is 17.0. The van der Waals surface area contributed by atoms with E-state index in [0.29, 0.717) is 0 Å². The maximum atomic E-state index is 12.6. The summed E-state index contributed by atoms with van der Waals surface area (Å²) >= 11 is 6.26. The predicted octanol–water partition coefficient (Wildman–Crippen LogP) is 3.82. The lowest BCUT2D eigenvalue weighted by atomic mass is 9.96. The number of benzene rings is 2. The lowest BCUT2D eigenvalue weighted by molar-refractivity contribution is -0.123. The Kier molecular flexibility index (Phi) is 6.40. The molecule has 4 rings (SSSR count). The Morgan fingerprint density at radius 3 is 2.43 bits per heavy atom. The molecular formula is C24H28ClN3O2. The number of primary amides is 1. The minimum atomic E-state index is -0.170. The first-order valence-corrected chi connectivity index (χ1v) is 11.0. The van der Waals surface area contributed by atoms with Gasteiger partial charge in [-0.2, -0.15) is 0 Å². The zero-order chi connectivity index (χ0) is 21.1. The Balaban J connectivity index is 1.23. The smallest absolute Gasteiger partial charge is 0.228 e. The van der Waals surface area contributed by atoms with Crippen molar-refractivity contribution in [3.8, 4) is 0 Å². The van der Waals surface area contributed by atoms with Crippen molar-refractivity contribution >= 4 is 29.1 Å². The van der Waals surface area contributed by atoms with E-state index in [4.69, 9.17) is 17.3 Å². The highest BCUT2D eigenvalue weighted by Crippen LogP contribution is 2.50. The number of hydrogen-bond acceptors (Lipinski definition) is 3. The monoisotopic (exact) mass is 425 g/mol. The third-order valence-corrected chi connectivity index (χ3v) is 6.70. The highest BCUT2D eigenvalue weighted by molar-refractivity contribution is 6.31. The van der Waals surface area contributed by atoms with Crippen LogP contribution in [0.25, 0.3) is 0 Å². The molecule has 0 radical (unpaired) electrons. The number of carbonyl (C=O) groups excluding carboxylic acids is 2. The van der Waals surface area contributed by atoms with Crippen molar-refractivity contribution in [2.75, 3.05) is 25.0 Å². The molecule has 0 bridgehead atoms. The van der Waals surface area contributed by atoms with Crippen molar-refractivity contribution < 1.29 is 9.59 Å². The summed E-state index contributed by atoms with van der Waals surface area (Å²) in [5, 5.41) is 3.77. The van der Waals surface area contributed by atoms with Gasteiger partial charge in [-0.3, -0.25) is 9.59 Å². The van der Waals surface area contributed by atoms with Gasteiger partial charge in [-0.05, 0) is 74.0 Å². The van der Waals surface area contributed by atoms with E-state index < -0.39 is 0 Å². The molecule has 0 aromatic heterocycles. The quantitative estimate of drug-likeness (QED) is 0.708. The van der Waals surface area contributed by atoms with E-state index in [0.717, 1.165) is 61.6 Å². The molecule has 1 saturated carbocycles. The molecule has 3 N–H and O–H groups in total. The summed E-state index contributed by atoms with van der Waals surface area (Å²) in [5.74, 6) is 0.138. The molecule has 2 atom stereocenters. The summed E-state index contributed by atoms with van der Waals surface area (Å²) in [5.41, 5.74) is 8.53. The molecule has 5 nitrogen and oxygen atoms in total. The Labute approximate surface area is 182 Å². The highest BCUT2D eigenvalue weighted by atomic mass is 35.5. The number of likely N-dealkylation sites (tertiary alicyclic amines) is 1. The van der Waals surface area contributed by atoms with Crippen LogP contribution in [0.5, 0.6) is 0 Å². The van der Waals surface area contributed by atoms with Crippen LogP contribution in [0.4, 0.5) is 5.69 Å². The summed E-state index contributed by atoms with van der Waals surface area (Å²) in [6.07, 6.45) is 3.51. The summed E-state index contributed by atoms with van der Waals surface area (Å²) in [6, 6.07) is 15.8. The fraction of sp³-hybridized carbons (Fsp3) is 0.417. The third kappa shape index (κ3) is 5.02. The standard InChI is InChI=1S/C24H28ClN3O2/c25-22-4-2-1-3-19(22)20-15-21(20)24(30)27-18-7-5-16(6-8-18)9-12-28-13-10-17(11-14-28)23(26)29/h1-8,17,20-21H,9-15H2,(H2,26,29)(H,27,30). The van der Waals surface area contributed by atoms with Gasteiger partial charge in [0.1, 0.15) is 0 Å². The minimum Gasteiger partial charge on any atom is -0.369 e. The Morgan fingerprint density at radius 2 is 1.77 bits per heavy atom. The van der Waals surface area contributed by atoms with Gasteiger partial charge in [-0.25, -0.2) is 0 Å². The third-order valence-electron chi connectivity index (χ3n) is 6.36. The maximum absolute atomic E-state index is 12.6. The first kappa shape index (κ1) is 20.9. The SMILES string of the molecule is NC(=O)C1CCN(CCc2ccc(NC(=O)C3CC3c3ccccc3Cl)cc2)CC1. The van der Waals surface area contributed by atoms with Gasteiger partial charge in [0.2, 0.25) is 11.8 Å². The second kappa shape index (κ2) is 9.19. The number of nitrogens with zero attached hydrogens (tertiary/aromatic N) is 1. The molecule has 1 heterocycles. The van der Waals surface area contributed by atoms with E-state index >= 15 is 0 Å². The van der Waals surface area contributed by atoms with E-state index in [1.165, 1.54) is 5.56 Å². The molecule has 30 heavy (non-hydrogen) atoms. The van der Waals surface area contributed by atoms with Gasteiger partial charge in [-0.15, -0.1) is 0 Å². The molecule has 6 heteroatoms. The number of carbonyl (C=O) groups is 2. The van der Waals surface area contributed by atoms with Gasteiger partial charge in [0.25, 0.3) is 0 Å². The average molecular weight is 426 g/mol. The summed E-state index contributed by atoms with van der Waals surface area (Å²) in [6.45, 7) is 2.82. The van der Waals surface area contributed by atoms with E-state index in [9.17, 15) is 9.59 Å². The van der Waals surface area contributed by atoms with Crippen LogP contribution >= 0.6 is 11.6 Å². The molecule has 2 aromatic carbocycles. The van der Waals surface area contributed by atoms with E-state index in [1.54, 1.807) is 0 Å². The number of rotatable bonds is 7. The fourth-order valence-electron chi connectivity index (χ4n) is 4.32. The van der Waals surface area contributed by atoms with E-state index in [2.05, 4.69) is 22.3 Å². The van der Waals surface area contributed by atoms with Crippen LogP contribution in [0, 0.1) is 11.8 Å². The van der Waals surface area contributed by atoms with Crippen molar-refractivity contribution in [1.29, 1.82) is 0 Å². The number of nitrogens with two attached hydrogens (primary N) is 1. The zero-order valence-corrected chi connectivity index (χ0v) is 17.8. The van der Waals surface area contributed by atoms with Gasteiger partial charge < -0.3 is 16.0 Å². The fourth-order valence-corrected chi connectivity index (χ4v) is 4.60. The first-order chi connectivity index (χ1) is 14.5. The molecule has 2 aliphatic rings. The van der Waals surface area contributed by atoms with Gasteiger partial charge in [0.15, 0.2) is 0 Å². The van der Waals surface area contributed by atoms with Gasteiger partial charge in [0, 0.05) is 29.1 Å². The lowest BCUT2D eigenvalue weighted by Crippen LogP contribution is -2.39. The van der Waals surface area contributed by atoms with Crippen LogP contribution in [-0.2, 0) is 16.0 Å². The van der Waals surface area contributed by atoms with Crippen LogP contribution in [0.3, 0.4) is 0 Å². The van der Waals surface area contributed by atoms with Gasteiger partial charge in [0.05, 0.1) is 0 Å². The van der Waals surface area contributed by atoms with Crippen molar-refractivity contribution in [2.24, 2.45) is 17.6 Å². The van der Waals surface area contributed by atoms with Crippen LogP contribution in [-0.4, -0.2) is 36.3 Å². The van der Waals surface area contributed by atoms with Crippen LogP contribution < -0.4 is 11.1 Å². The van der Waals surface area contributed by atoms with Gasteiger partial charge >= 0.3 is 0 Å². The molecule has 2 fully saturated rings. The molecule has 2 aromatic rings. The summed E-state index contributed by atoms with van der Waals surface area (Å²) < 4.78 is 0. The molecular weight excluding hydrogens is 398 g/mol.